The van der Waals surface area contributed by atoms with Gasteiger partial charge in [0.15, 0.2) is 5.78 Å². The number of ketones is 1. The van der Waals surface area contributed by atoms with E-state index in [1.165, 1.54) is 0 Å². The van der Waals surface area contributed by atoms with Crippen molar-refractivity contribution in [2.45, 2.75) is 4.90 Å². The molecular formula is C17H16N2OS. The topological polar surface area (TPSA) is 44.1 Å². The van der Waals surface area contributed by atoms with Gasteiger partial charge in [-0.25, -0.2) is 0 Å². The normalized spacial score (nSPS) is 9.95. The van der Waals surface area contributed by atoms with Gasteiger partial charge >= 0.3 is 0 Å². The number of carbonyl (C=O) groups is 1. The molecule has 0 fully saturated rings. The summed E-state index contributed by atoms with van der Waals surface area (Å²) in [5, 5.41) is 9.11. The van der Waals surface area contributed by atoms with Gasteiger partial charge in [0.05, 0.1) is 17.8 Å². The zero-order valence-electron chi connectivity index (χ0n) is 12.0. The van der Waals surface area contributed by atoms with Crippen LogP contribution in [-0.4, -0.2) is 25.6 Å². The van der Waals surface area contributed by atoms with Gasteiger partial charge in [-0.3, -0.25) is 4.79 Å². The van der Waals surface area contributed by atoms with Crippen LogP contribution < -0.4 is 4.90 Å². The SMILES string of the molecule is CSc1ccc(C(=O)CN(C)c2ccccc2C#N)cc1. The number of anilines is 1. The second kappa shape index (κ2) is 6.96. The van der Waals surface area contributed by atoms with Crippen molar-refractivity contribution in [3.8, 4) is 6.07 Å². The third kappa shape index (κ3) is 3.65. The minimum atomic E-state index is 0.0397. The third-order valence-corrected chi connectivity index (χ3v) is 3.97. The monoisotopic (exact) mass is 296 g/mol. The molecule has 0 atom stereocenters. The number of carbonyl (C=O) groups excluding carboxylic acids is 1. The Morgan fingerprint density at radius 1 is 1.19 bits per heavy atom. The average molecular weight is 296 g/mol. The zero-order valence-corrected chi connectivity index (χ0v) is 12.9. The van der Waals surface area contributed by atoms with Crippen molar-refractivity contribution in [2.75, 3.05) is 24.7 Å². The summed E-state index contributed by atoms with van der Waals surface area (Å²) >= 11 is 1.65. The lowest BCUT2D eigenvalue weighted by atomic mass is 10.1. The maximum atomic E-state index is 12.3. The molecule has 21 heavy (non-hydrogen) atoms. The highest BCUT2D eigenvalue weighted by molar-refractivity contribution is 7.98. The van der Waals surface area contributed by atoms with E-state index >= 15 is 0 Å². The number of benzene rings is 2. The summed E-state index contributed by atoms with van der Waals surface area (Å²) in [4.78, 5) is 15.2. The van der Waals surface area contributed by atoms with E-state index in [1.54, 1.807) is 17.8 Å². The van der Waals surface area contributed by atoms with Gasteiger partial charge < -0.3 is 4.90 Å². The lowest BCUT2D eigenvalue weighted by Crippen LogP contribution is -2.26. The van der Waals surface area contributed by atoms with Crippen LogP contribution in [0.1, 0.15) is 15.9 Å². The van der Waals surface area contributed by atoms with E-state index in [2.05, 4.69) is 6.07 Å². The highest BCUT2D eigenvalue weighted by Crippen LogP contribution is 2.19. The van der Waals surface area contributed by atoms with Crippen molar-refractivity contribution in [1.82, 2.24) is 0 Å². The minimum absolute atomic E-state index is 0.0397. The molecule has 0 aliphatic rings. The highest BCUT2D eigenvalue weighted by Gasteiger charge is 2.12. The van der Waals surface area contributed by atoms with E-state index in [0.29, 0.717) is 11.1 Å². The summed E-state index contributed by atoms with van der Waals surface area (Å²) in [6.07, 6.45) is 2.00. The fourth-order valence-electron chi connectivity index (χ4n) is 2.07. The molecule has 0 radical (unpaired) electrons. The molecule has 0 saturated heterocycles. The summed E-state index contributed by atoms with van der Waals surface area (Å²) < 4.78 is 0. The Kier molecular flexibility index (Phi) is 5.02. The van der Waals surface area contributed by atoms with Crippen LogP contribution in [0.25, 0.3) is 0 Å². The Bertz CT molecular complexity index is 674. The largest absolute Gasteiger partial charge is 0.366 e. The van der Waals surface area contributed by atoms with Gasteiger partial charge in [0.1, 0.15) is 6.07 Å². The number of rotatable bonds is 5. The molecule has 0 aromatic heterocycles. The van der Waals surface area contributed by atoms with Crippen molar-refractivity contribution in [1.29, 1.82) is 5.26 Å². The zero-order chi connectivity index (χ0) is 15.2. The molecule has 0 aliphatic heterocycles. The summed E-state index contributed by atoms with van der Waals surface area (Å²) in [6.45, 7) is 0.247. The molecule has 3 nitrogen and oxygen atoms in total. The molecular weight excluding hydrogens is 280 g/mol. The van der Waals surface area contributed by atoms with Gasteiger partial charge in [-0.1, -0.05) is 24.3 Å². The van der Waals surface area contributed by atoms with Gasteiger partial charge in [-0.2, -0.15) is 5.26 Å². The Morgan fingerprint density at radius 2 is 1.86 bits per heavy atom. The molecule has 0 spiro atoms. The molecule has 0 aliphatic carbocycles. The molecule has 4 heteroatoms. The molecule has 106 valence electrons. The molecule has 0 bridgehead atoms. The molecule has 0 heterocycles. The van der Waals surface area contributed by atoms with Gasteiger partial charge in [0, 0.05) is 17.5 Å². The van der Waals surface area contributed by atoms with Crippen LogP contribution in [0.2, 0.25) is 0 Å². The van der Waals surface area contributed by atoms with Crippen LogP contribution in [0.15, 0.2) is 53.4 Å². The standard InChI is InChI=1S/C17H16N2OS/c1-19(16-6-4-3-5-14(16)11-18)12-17(20)13-7-9-15(21-2)10-8-13/h3-10H,12H2,1-2H3. The van der Waals surface area contributed by atoms with E-state index in [1.807, 2.05) is 60.7 Å². The van der Waals surface area contributed by atoms with E-state index in [9.17, 15) is 4.79 Å². The van der Waals surface area contributed by atoms with Crippen LogP contribution >= 0.6 is 11.8 Å². The fraction of sp³-hybridized carbons (Fsp3) is 0.176. The van der Waals surface area contributed by atoms with E-state index in [4.69, 9.17) is 5.26 Å². The maximum Gasteiger partial charge on any atom is 0.182 e. The number of hydrogen-bond donors (Lipinski definition) is 0. The summed E-state index contributed by atoms with van der Waals surface area (Å²) in [5.74, 6) is 0.0397. The summed E-state index contributed by atoms with van der Waals surface area (Å²) in [7, 11) is 1.82. The van der Waals surface area contributed by atoms with Crippen molar-refractivity contribution >= 4 is 23.2 Å². The molecule has 0 N–H and O–H groups in total. The van der Waals surface area contributed by atoms with Gasteiger partial charge in [0.25, 0.3) is 0 Å². The third-order valence-electron chi connectivity index (χ3n) is 3.23. The van der Waals surface area contributed by atoms with Crippen LogP contribution in [0.3, 0.4) is 0 Å². The van der Waals surface area contributed by atoms with E-state index < -0.39 is 0 Å². The van der Waals surface area contributed by atoms with E-state index in [0.717, 1.165) is 10.6 Å². The Balaban J connectivity index is 2.13. The first-order chi connectivity index (χ1) is 10.2. The fourth-order valence-corrected chi connectivity index (χ4v) is 2.48. The average Bonchev–Trinajstić information content (AvgIpc) is 2.54. The van der Waals surface area contributed by atoms with Crippen LogP contribution in [0.4, 0.5) is 5.69 Å². The lowest BCUT2D eigenvalue weighted by Gasteiger charge is -2.19. The first-order valence-corrected chi connectivity index (χ1v) is 7.75. The van der Waals surface area contributed by atoms with Crippen molar-refractivity contribution in [3.63, 3.8) is 0 Å². The van der Waals surface area contributed by atoms with Crippen LogP contribution in [0.5, 0.6) is 0 Å². The molecule has 0 saturated carbocycles. The molecule has 2 aromatic rings. The maximum absolute atomic E-state index is 12.3. The first-order valence-electron chi connectivity index (χ1n) is 6.53. The minimum Gasteiger partial charge on any atom is -0.366 e. The van der Waals surface area contributed by atoms with Crippen LogP contribution in [-0.2, 0) is 0 Å². The smallest absolute Gasteiger partial charge is 0.182 e. The van der Waals surface area contributed by atoms with Gasteiger partial charge in [0.2, 0.25) is 0 Å². The molecule has 2 aromatic carbocycles. The summed E-state index contributed by atoms with van der Waals surface area (Å²) in [6, 6.07) is 17.0. The van der Waals surface area contributed by atoms with Crippen molar-refractivity contribution in [3.05, 3.63) is 59.7 Å². The van der Waals surface area contributed by atoms with Crippen molar-refractivity contribution < 1.29 is 4.79 Å². The predicted octanol–water partition coefficient (Wildman–Crippen LogP) is 3.60. The second-order valence-corrected chi connectivity index (χ2v) is 5.52. The Labute approximate surface area is 129 Å². The molecule has 0 amide bonds. The second-order valence-electron chi connectivity index (χ2n) is 4.64. The van der Waals surface area contributed by atoms with Gasteiger partial charge in [-0.05, 0) is 30.5 Å². The van der Waals surface area contributed by atoms with E-state index in [-0.39, 0.29) is 12.3 Å². The molecule has 2 rings (SSSR count). The van der Waals surface area contributed by atoms with Gasteiger partial charge in [-0.15, -0.1) is 11.8 Å². The Hall–Kier alpha value is -2.25. The quantitative estimate of drug-likeness (QED) is 0.624. The number of Topliss-reactive ketones (excluding diaryl/α,β-unsaturated/α-hetero) is 1. The number of likely N-dealkylation sites (N-methyl/N-ethyl adjacent to an activating group) is 1. The number of nitriles is 1. The first kappa shape index (κ1) is 15.1. The number of para-hydroxylation sites is 1. The summed E-state index contributed by atoms with van der Waals surface area (Å²) in [5.41, 5.74) is 2.04. The number of hydrogen-bond acceptors (Lipinski definition) is 4. The highest BCUT2D eigenvalue weighted by atomic mass is 32.2. The lowest BCUT2D eigenvalue weighted by molar-refractivity contribution is 0.100. The van der Waals surface area contributed by atoms with Crippen LogP contribution in [0, 0.1) is 11.3 Å². The predicted molar refractivity (Wildman–Crippen MR) is 87.0 cm³/mol. The number of thioether (sulfide) groups is 1. The number of nitrogens with zero attached hydrogens (tertiary/aromatic N) is 2. The Morgan fingerprint density at radius 3 is 2.48 bits per heavy atom. The molecule has 0 unspecified atom stereocenters. The van der Waals surface area contributed by atoms with Crippen molar-refractivity contribution in [2.24, 2.45) is 0 Å².